The topological polar surface area (TPSA) is 76.1 Å². The Morgan fingerprint density at radius 3 is 2.12 bits per heavy atom. The maximum absolute atomic E-state index is 13.4. The number of nitrogens with zero attached hydrogens (tertiary/aromatic N) is 1. The number of methoxy groups -OCH3 is 2. The van der Waals surface area contributed by atoms with Gasteiger partial charge in [0.2, 0.25) is 0 Å². The second-order valence-electron chi connectivity index (χ2n) is 7.13. The molecule has 1 amide bonds. The Morgan fingerprint density at radius 2 is 1.59 bits per heavy atom. The van der Waals surface area contributed by atoms with Crippen LogP contribution in [0.3, 0.4) is 0 Å². The molecule has 0 fully saturated rings. The van der Waals surface area contributed by atoms with Crippen molar-refractivity contribution in [2.45, 2.75) is 19.8 Å². The van der Waals surface area contributed by atoms with Crippen LogP contribution >= 0.6 is 11.8 Å². The monoisotopic (exact) mass is 467 g/mol. The molecular formula is C23H27F2NO5S. The van der Waals surface area contributed by atoms with E-state index in [0.29, 0.717) is 54.3 Å². The zero-order valence-electron chi connectivity index (χ0n) is 18.3. The van der Waals surface area contributed by atoms with Gasteiger partial charge in [-0.25, -0.2) is 8.78 Å². The van der Waals surface area contributed by atoms with E-state index in [-0.39, 0.29) is 11.7 Å². The summed E-state index contributed by atoms with van der Waals surface area (Å²) >= 11 is 1.21. The van der Waals surface area contributed by atoms with Crippen molar-refractivity contribution in [2.75, 3.05) is 38.8 Å². The van der Waals surface area contributed by atoms with E-state index in [1.807, 2.05) is 6.92 Å². The molecule has 0 bridgehead atoms. The molecule has 0 heterocycles. The molecule has 0 radical (unpaired) electrons. The number of amides is 1. The molecule has 0 aliphatic rings. The van der Waals surface area contributed by atoms with Crippen molar-refractivity contribution in [1.29, 1.82) is 0 Å². The van der Waals surface area contributed by atoms with E-state index in [2.05, 4.69) is 0 Å². The number of hydrogen-bond acceptors (Lipinski definition) is 5. The van der Waals surface area contributed by atoms with Gasteiger partial charge in [-0.1, -0.05) is 0 Å². The Hall–Kier alpha value is -2.81. The number of aryl methyl sites for hydroxylation is 1. The third kappa shape index (κ3) is 7.40. The molecule has 9 heteroatoms. The first-order valence-electron chi connectivity index (χ1n) is 10.0. The normalized spacial score (nSPS) is 10.7. The lowest BCUT2D eigenvalue weighted by Gasteiger charge is -2.23. The molecule has 2 rings (SSSR count). The number of carboxylic acid groups (broad SMARTS) is 1. The fourth-order valence-corrected chi connectivity index (χ4v) is 3.94. The molecule has 0 saturated carbocycles. The average molecular weight is 468 g/mol. The van der Waals surface area contributed by atoms with E-state index < -0.39 is 17.6 Å². The Morgan fingerprint density at radius 1 is 1.00 bits per heavy atom. The fraction of sp³-hybridized carbons (Fsp3) is 0.391. The zero-order chi connectivity index (χ0) is 23.7. The Balaban J connectivity index is 2.15. The highest BCUT2D eigenvalue weighted by Crippen LogP contribution is 2.30. The van der Waals surface area contributed by atoms with Crippen LogP contribution in [0.1, 0.15) is 27.9 Å². The molecule has 0 unspecified atom stereocenters. The fourth-order valence-electron chi connectivity index (χ4n) is 3.27. The first kappa shape index (κ1) is 25.5. The van der Waals surface area contributed by atoms with E-state index >= 15 is 0 Å². The number of benzene rings is 2. The van der Waals surface area contributed by atoms with Crippen molar-refractivity contribution in [3.05, 3.63) is 58.7 Å². The molecule has 0 aliphatic heterocycles. The Labute approximate surface area is 190 Å². The van der Waals surface area contributed by atoms with Crippen molar-refractivity contribution >= 4 is 23.6 Å². The predicted octanol–water partition coefficient (Wildman–Crippen LogP) is 4.18. The summed E-state index contributed by atoms with van der Waals surface area (Å²) in [4.78, 5) is 25.6. The summed E-state index contributed by atoms with van der Waals surface area (Å²) < 4.78 is 37.6. The number of carbonyl (C=O) groups is 2. The van der Waals surface area contributed by atoms with Gasteiger partial charge in [0.05, 0.1) is 20.0 Å². The molecule has 2 aromatic rings. The van der Waals surface area contributed by atoms with Crippen molar-refractivity contribution in [2.24, 2.45) is 0 Å². The minimum absolute atomic E-state index is 0.0588. The molecule has 32 heavy (non-hydrogen) atoms. The smallest absolute Gasteiger partial charge is 0.313 e. The molecule has 6 nitrogen and oxygen atoms in total. The van der Waals surface area contributed by atoms with E-state index in [4.69, 9.17) is 14.6 Å². The summed E-state index contributed by atoms with van der Waals surface area (Å²) in [6, 6.07) is 6.64. The van der Waals surface area contributed by atoms with Crippen molar-refractivity contribution in [1.82, 2.24) is 4.90 Å². The number of ether oxygens (including phenoxy) is 2. The minimum Gasteiger partial charge on any atom is -0.496 e. The van der Waals surface area contributed by atoms with Crippen LogP contribution in [0.15, 0.2) is 30.3 Å². The van der Waals surface area contributed by atoms with Crippen molar-refractivity contribution in [3.63, 3.8) is 0 Å². The molecule has 0 saturated heterocycles. The number of carboxylic acids is 1. The van der Waals surface area contributed by atoms with Crippen LogP contribution in [0.5, 0.6) is 11.5 Å². The van der Waals surface area contributed by atoms with E-state index in [9.17, 15) is 18.4 Å². The van der Waals surface area contributed by atoms with Gasteiger partial charge in [0, 0.05) is 36.0 Å². The zero-order valence-corrected chi connectivity index (χ0v) is 19.1. The molecule has 0 aromatic heterocycles. The number of halogens is 2. The average Bonchev–Trinajstić information content (AvgIpc) is 2.74. The summed E-state index contributed by atoms with van der Waals surface area (Å²) in [7, 11) is 3.02. The summed E-state index contributed by atoms with van der Waals surface area (Å²) in [5.41, 5.74) is 1.65. The lowest BCUT2D eigenvalue weighted by molar-refractivity contribution is -0.133. The number of rotatable bonds is 12. The van der Waals surface area contributed by atoms with Gasteiger partial charge in [0.1, 0.15) is 23.1 Å². The Bertz CT molecular complexity index is 909. The first-order chi connectivity index (χ1) is 15.2. The number of thioether (sulfide) groups is 1. The third-order valence-corrected chi connectivity index (χ3v) is 5.76. The van der Waals surface area contributed by atoms with Crippen LogP contribution in [0.25, 0.3) is 0 Å². The Kier molecular flexibility index (Phi) is 9.77. The third-order valence-electron chi connectivity index (χ3n) is 4.83. The van der Waals surface area contributed by atoms with Crippen LogP contribution in [0.4, 0.5) is 8.78 Å². The van der Waals surface area contributed by atoms with Gasteiger partial charge in [-0.15, -0.1) is 11.8 Å². The minimum atomic E-state index is -0.922. The van der Waals surface area contributed by atoms with E-state index in [0.717, 1.165) is 11.6 Å². The van der Waals surface area contributed by atoms with Crippen LogP contribution in [0, 0.1) is 18.6 Å². The molecule has 0 aliphatic carbocycles. The highest BCUT2D eigenvalue weighted by Gasteiger charge is 2.19. The predicted molar refractivity (Wildman–Crippen MR) is 120 cm³/mol. The summed E-state index contributed by atoms with van der Waals surface area (Å²) in [5, 5.41) is 8.83. The maximum Gasteiger partial charge on any atom is 0.313 e. The van der Waals surface area contributed by atoms with E-state index in [1.54, 1.807) is 17.0 Å². The lowest BCUT2D eigenvalue weighted by Crippen LogP contribution is -2.34. The highest BCUT2D eigenvalue weighted by atomic mass is 32.2. The summed E-state index contributed by atoms with van der Waals surface area (Å²) in [6.45, 7) is 2.49. The van der Waals surface area contributed by atoms with Crippen LogP contribution in [0.2, 0.25) is 0 Å². The summed E-state index contributed by atoms with van der Waals surface area (Å²) in [5.74, 6) is -1.05. The van der Waals surface area contributed by atoms with E-state index in [1.165, 1.54) is 38.1 Å². The molecule has 0 atom stereocenters. The number of aliphatic carboxylic acids is 1. The quantitative estimate of drug-likeness (QED) is 0.472. The van der Waals surface area contributed by atoms with Gasteiger partial charge < -0.3 is 19.5 Å². The van der Waals surface area contributed by atoms with Gasteiger partial charge in [0.15, 0.2) is 0 Å². The van der Waals surface area contributed by atoms with Crippen LogP contribution < -0.4 is 9.47 Å². The van der Waals surface area contributed by atoms with Crippen LogP contribution in [-0.2, 0) is 11.2 Å². The van der Waals surface area contributed by atoms with Gasteiger partial charge in [0.25, 0.3) is 5.91 Å². The molecule has 0 spiro atoms. The molecular weight excluding hydrogens is 440 g/mol. The van der Waals surface area contributed by atoms with Gasteiger partial charge in [-0.2, -0.15) is 0 Å². The number of hydrogen-bond donors (Lipinski definition) is 1. The second kappa shape index (κ2) is 12.3. The first-order valence-corrected chi connectivity index (χ1v) is 11.2. The number of carbonyl (C=O) groups excluding carboxylic acids is 1. The van der Waals surface area contributed by atoms with Gasteiger partial charge in [-0.05, 0) is 49.6 Å². The van der Waals surface area contributed by atoms with Gasteiger partial charge in [-0.3, -0.25) is 9.59 Å². The van der Waals surface area contributed by atoms with Crippen molar-refractivity contribution < 1.29 is 33.0 Å². The molecule has 2 aromatic carbocycles. The molecule has 1 N–H and O–H groups in total. The van der Waals surface area contributed by atoms with Crippen LogP contribution in [-0.4, -0.2) is 60.7 Å². The largest absolute Gasteiger partial charge is 0.496 e. The molecule has 174 valence electrons. The van der Waals surface area contributed by atoms with Gasteiger partial charge >= 0.3 is 5.97 Å². The highest BCUT2D eigenvalue weighted by molar-refractivity contribution is 7.99. The lowest BCUT2D eigenvalue weighted by atomic mass is 10.1. The standard InChI is InChI=1S/C23H27F2NO5S/c1-15-20(30-2)11-17(12-21(15)31-3)23(29)26(7-8-32-14-22(27)28)6-4-5-16-9-18(24)13-19(25)10-16/h9-13H,4-8,14H2,1-3H3,(H,27,28). The summed E-state index contributed by atoms with van der Waals surface area (Å²) in [6.07, 6.45) is 0.875. The SMILES string of the molecule is COc1cc(C(=O)N(CCCc2cc(F)cc(F)c2)CCSCC(=O)O)cc(OC)c1C. The van der Waals surface area contributed by atoms with Crippen molar-refractivity contribution in [3.8, 4) is 11.5 Å². The second-order valence-corrected chi connectivity index (χ2v) is 8.23. The maximum atomic E-state index is 13.4.